The van der Waals surface area contributed by atoms with Crippen LogP contribution < -0.4 is 10.1 Å². The Balaban J connectivity index is 1.61. The summed E-state index contributed by atoms with van der Waals surface area (Å²) < 4.78 is 6.84. The topological polar surface area (TPSA) is 68.5 Å². The summed E-state index contributed by atoms with van der Waals surface area (Å²) in [7, 11) is 1.65. The summed E-state index contributed by atoms with van der Waals surface area (Å²) in [4.78, 5) is 17.3. The van der Waals surface area contributed by atoms with E-state index in [1.807, 2.05) is 43.5 Å². The van der Waals surface area contributed by atoms with Crippen LogP contribution in [0.5, 0.6) is 5.75 Å². The molecule has 1 saturated carbocycles. The Morgan fingerprint density at radius 2 is 2.04 bits per heavy atom. The molecule has 1 aliphatic rings. The highest BCUT2D eigenvalue weighted by atomic mass is 16.5. The van der Waals surface area contributed by atoms with Crippen molar-refractivity contribution in [3.05, 3.63) is 59.5 Å². The van der Waals surface area contributed by atoms with Gasteiger partial charge in [-0.1, -0.05) is 12.1 Å². The van der Waals surface area contributed by atoms with Crippen LogP contribution in [0.4, 0.5) is 0 Å². The molecule has 0 bridgehead atoms. The van der Waals surface area contributed by atoms with Gasteiger partial charge in [-0.05, 0) is 49.4 Å². The quantitative estimate of drug-likeness (QED) is 0.778. The Bertz CT molecular complexity index is 913. The normalized spacial score (nSPS) is 15.1. The predicted octanol–water partition coefficient (Wildman–Crippen LogP) is 2.93. The van der Waals surface area contributed by atoms with E-state index in [1.165, 1.54) is 0 Å². The molecule has 0 saturated heterocycles. The molecule has 2 aromatic heterocycles. The van der Waals surface area contributed by atoms with Crippen LogP contribution >= 0.6 is 0 Å². The predicted molar refractivity (Wildman–Crippen MR) is 93.6 cm³/mol. The maximum absolute atomic E-state index is 12.8. The molecule has 0 spiro atoms. The minimum Gasteiger partial charge on any atom is -0.497 e. The van der Waals surface area contributed by atoms with Crippen LogP contribution in [0.15, 0.2) is 42.7 Å². The Hall–Kier alpha value is -2.89. The lowest BCUT2D eigenvalue weighted by Gasteiger charge is -2.19. The largest absolute Gasteiger partial charge is 0.497 e. The zero-order chi connectivity index (χ0) is 17.4. The molecule has 1 N–H and O–H groups in total. The first-order chi connectivity index (χ1) is 12.2. The third-order valence-corrected chi connectivity index (χ3v) is 4.61. The summed E-state index contributed by atoms with van der Waals surface area (Å²) in [5, 5.41) is 7.39. The number of aromatic nitrogens is 3. The number of hydrogen-bond acceptors (Lipinski definition) is 4. The number of nitrogens with zero attached hydrogens (tertiary/aromatic N) is 3. The minimum atomic E-state index is -0.138. The standard InChI is InChI=1S/C19H20N4O2/c1-12-9-10-23-18(21-12)16(11-20-23)19(24)22-17(13-3-4-13)14-5-7-15(25-2)8-6-14/h5-11,13,17H,3-4H2,1-2H3,(H,22,24). The second-order valence-electron chi connectivity index (χ2n) is 6.46. The minimum absolute atomic E-state index is 0.00170. The van der Waals surface area contributed by atoms with Crippen LogP contribution in [0, 0.1) is 12.8 Å². The number of nitrogens with one attached hydrogen (secondary N) is 1. The molecule has 1 aliphatic carbocycles. The van der Waals surface area contributed by atoms with E-state index in [9.17, 15) is 4.79 Å². The Kier molecular flexibility index (Phi) is 3.87. The number of aryl methyl sites for hydroxylation is 1. The molecule has 128 valence electrons. The average Bonchev–Trinajstić information content (AvgIpc) is 3.39. The Morgan fingerprint density at radius 3 is 2.72 bits per heavy atom. The first-order valence-electron chi connectivity index (χ1n) is 8.41. The summed E-state index contributed by atoms with van der Waals surface area (Å²) in [5.41, 5.74) is 3.04. The molecule has 6 heteroatoms. The SMILES string of the molecule is COc1ccc(C(NC(=O)c2cnn3ccc(C)nc23)C2CC2)cc1. The molecule has 1 amide bonds. The number of fused-ring (bicyclic) bond motifs is 1. The van der Waals surface area contributed by atoms with E-state index in [0.29, 0.717) is 17.1 Å². The smallest absolute Gasteiger partial charge is 0.257 e. The maximum Gasteiger partial charge on any atom is 0.257 e. The molecule has 0 aliphatic heterocycles. The van der Waals surface area contributed by atoms with E-state index in [1.54, 1.807) is 17.8 Å². The van der Waals surface area contributed by atoms with E-state index >= 15 is 0 Å². The van der Waals surface area contributed by atoms with Crippen LogP contribution in [-0.4, -0.2) is 27.6 Å². The van der Waals surface area contributed by atoms with Gasteiger partial charge in [0, 0.05) is 11.9 Å². The zero-order valence-electron chi connectivity index (χ0n) is 14.3. The van der Waals surface area contributed by atoms with Crippen LogP contribution in [0.25, 0.3) is 5.65 Å². The number of benzene rings is 1. The molecule has 6 nitrogen and oxygen atoms in total. The molecular formula is C19H20N4O2. The van der Waals surface area contributed by atoms with Gasteiger partial charge in [0.2, 0.25) is 0 Å². The molecule has 25 heavy (non-hydrogen) atoms. The van der Waals surface area contributed by atoms with Crippen LogP contribution in [0.3, 0.4) is 0 Å². The summed E-state index contributed by atoms with van der Waals surface area (Å²) in [5.74, 6) is 1.15. The van der Waals surface area contributed by atoms with Gasteiger partial charge in [0.25, 0.3) is 5.91 Å². The zero-order valence-corrected chi connectivity index (χ0v) is 14.3. The van der Waals surface area contributed by atoms with Gasteiger partial charge in [-0.15, -0.1) is 0 Å². The molecule has 1 aromatic carbocycles. The molecule has 1 fully saturated rings. The third-order valence-electron chi connectivity index (χ3n) is 4.61. The average molecular weight is 336 g/mol. The number of methoxy groups -OCH3 is 1. The number of amides is 1. The van der Waals surface area contributed by atoms with Gasteiger partial charge in [0.15, 0.2) is 5.65 Å². The molecular weight excluding hydrogens is 316 g/mol. The van der Waals surface area contributed by atoms with Crippen molar-refractivity contribution in [2.45, 2.75) is 25.8 Å². The highest BCUT2D eigenvalue weighted by Crippen LogP contribution is 2.41. The van der Waals surface area contributed by atoms with Gasteiger partial charge in [0.05, 0.1) is 19.3 Å². The summed E-state index contributed by atoms with van der Waals surface area (Å²) >= 11 is 0. The van der Waals surface area contributed by atoms with E-state index in [2.05, 4.69) is 15.4 Å². The van der Waals surface area contributed by atoms with Crippen molar-refractivity contribution < 1.29 is 9.53 Å². The fraction of sp³-hybridized carbons (Fsp3) is 0.316. The number of ether oxygens (including phenoxy) is 1. The monoisotopic (exact) mass is 336 g/mol. The number of hydrogen-bond donors (Lipinski definition) is 1. The van der Waals surface area contributed by atoms with Crippen molar-refractivity contribution in [3.63, 3.8) is 0 Å². The lowest BCUT2D eigenvalue weighted by molar-refractivity contribution is 0.0933. The first kappa shape index (κ1) is 15.6. The van der Waals surface area contributed by atoms with Crippen LogP contribution in [0.1, 0.15) is 40.5 Å². The highest BCUT2D eigenvalue weighted by molar-refractivity contribution is 5.99. The molecule has 0 radical (unpaired) electrons. The van der Waals surface area contributed by atoms with Crippen molar-refractivity contribution in [1.82, 2.24) is 19.9 Å². The van der Waals surface area contributed by atoms with Crippen molar-refractivity contribution in [2.24, 2.45) is 5.92 Å². The van der Waals surface area contributed by atoms with Crippen molar-refractivity contribution >= 4 is 11.6 Å². The van der Waals surface area contributed by atoms with Gasteiger partial charge in [-0.2, -0.15) is 5.10 Å². The van der Waals surface area contributed by atoms with Gasteiger partial charge in [-0.3, -0.25) is 4.79 Å². The van der Waals surface area contributed by atoms with Crippen molar-refractivity contribution in [1.29, 1.82) is 0 Å². The van der Waals surface area contributed by atoms with Gasteiger partial charge in [0.1, 0.15) is 11.3 Å². The summed E-state index contributed by atoms with van der Waals surface area (Å²) in [6, 6.07) is 9.75. The van der Waals surface area contributed by atoms with Crippen LogP contribution in [0.2, 0.25) is 0 Å². The number of carbonyl (C=O) groups is 1. The fourth-order valence-corrected chi connectivity index (χ4v) is 3.05. The molecule has 3 aromatic rings. The van der Waals surface area contributed by atoms with E-state index < -0.39 is 0 Å². The number of carbonyl (C=O) groups excluding carboxylic acids is 1. The molecule has 2 heterocycles. The first-order valence-corrected chi connectivity index (χ1v) is 8.41. The molecule has 1 atom stereocenters. The van der Waals surface area contributed by atoms with Gasteiger partial charge < -0.3 is 10.1 Å². The van der Waals surface area contributed by atoms with Gasteiger partial charge >= 0.3 is 0 Å². The molecule has 4 rings (SSSR count). The van der Waals surface area contributed by atoms with Crippen LogP contribution in [-0.2, 0) is 0 Å². The third kappa shape index (κ3) is 3.07. The van der Waals surface area contributed by atoms with E-state index in [0.717, 1.165) is 29.8 Å². The van der Waals surface area contributed by atoms with Crippen molar-refractivity contribution in [3.8, 4) is 5.75 Å². The number of rotatable bonds is 5. The van der Waals surface area contributed by atoms with Crippen molar-refractivity contribution in [2.75, 3.05) is 7.11 Å². The highest BCUT2D eigenvalue weighted by Gasteiger charge is 2.34. The van der Waals surface area contributed by atoms with E-state index in [-0.39, 0.29) is 11.9 Å². The summed E-state index contributed by atoms with van der Waals surface area (Å²) in [6.45, 7) is 1.90. The fourth-order valence-electron chi connectivity index (χ4n) is 3.05. The lowest BCUT2D eigenvalue weighted by atomic mass is 10.0. The van der Waals surface area contributed by atoms with E-state index in [4.69, 9.17) is 4.74 Å². The second-order valence-corrected chi connectivity index (χ2v) is 6.46. The molecule has 1 unspecified atom stereocenters. The van der Waals surface area contributed by atoms with Gasteiger partial charge in [-0.25, -0.2) is 9.50 Å². The maximum atomic E-state index is 12.8. The Morgan fingerprint density at radius 1 is 1.28 bits per heavy atom. The summed E-state index contributed by atoms with van der Waals surface area (Å²) in [6.07, 6.45) is 5.65. The lowest BCUT2D eigenvalue weighted by Crippen LogP contribution is -2.30. The second kappa shape index (κ2) is 6.20. The Labute approximate surface area is 145 Å².